The maximum absolute atomic E-state index is 12.7. The van der Waals surface area contributed by atoms with Gasteiger partial charge in [0, 0.05) is 12.6 Å². The summed E-state index contributed by atoms with van der Waals surface area (Å²) in [5.41, 5.74) is -6.16. The summed E-state index contributed by atoms with van der Waals surface area (Å²) in [6.45, 7) is 0.0657. The highest BCUT2D eigenvalue weighted by atomic mass is 19.4. The first-order valence-corrected chi connectivity index (χ1v) is 6.41. The van der Waals surface area contributed by atoms with Crippen LogP contribution < -0.4 is 0 Å². The van der Waals surface area contributed by atoms with Crippen LogP contribution in [0.25, 0.3) is 0 Å². The van der Waals surface area contributed by atoms with Crippen LogP contribution in [0.3, 0.4) is 0 Å². The van der Waals surface area contributed by atoms with Crippen LogP contribution >= 0.6 is 0 Å². The van der Waals surface area contributed by atoms with Gasteiger partial charge < -0.3 is 4.74 Å². The van der Waals surface area contributed by atoms with E-state index in [1.165, 1.54) is 0 Å². The van der Waals surface area contributed by atoms with Gasteiger partial charge in [-0.2, -0.15) is 39.5 Å². The highest BCUT2D eigenvalue weighted by molar-refractivity contribution is 5.04. The van der Waals surface area contributed by atoms with Gasteiger partial charge in [-0.1, -0.05) is 0 Å². The van der Waals surface area contributed by atoms with Gasteiger partial charge in [0.15, 0.2) is 0 Å². The second-order valence-corrected chi connectivity index (χ2v) is 5.44. The smallest absolute Gasteiger partial charge is 0.346 e. The van der Waals surface area contributed by atoms with Crippen molar-refractivity contribution in [2.24, 2.45) is 0 Å². The van der Waals surface area contributed by atoms with Crippen LogP contribution in [0, 0.1) is 0 Å². The quantitative estimate of drug-likeness (QED) is 0.708. The molecule has 0 amide bonds. The highest BCUT2D eigenvalue weighted by Gasteiger charge is 2.86. The number of ether oxygens (including phenoxy) is 1. The fraction of sp³-hybridized carbons (Fsp3) is 1.00. The predicted octanol–water partition coefficient (Wildman–Crippen LogP) is 3.67. The summed E-state index contributed by atoms with van der Waals surface area (Å²) in [5, 5.41) is 0. The Morgan fingerprint density at radius 3 is 1.73 bits per heavy atom. The van der Waals surface area contributed by atoms with Crippen molar-refractivity contribution >= 4 is 0 Å². The van der Waals surface area contributed by atoms with Gasteiger partial charge >= 0.3 is 24.1 Å². The molecular formula is C11H12F9NO. The van der Waals surface area contributed by atoms with Crippen molar-refractivity contribution in [3.63, 3.8) is 0 Å². The van der Waals surface area contributed by atoms with Crippen LogP contribution in [0.5, 0.6) is 0 Å². The van der Waals surface area contributed by atoms with Gasteiger partial charge in [0.2, 0.25) is 0 Å². The molecule has 2 saturated heterocycles. The van der Waals surface area contributed by atoms with Crippen molar-refractivity contribution in [2.45, 2.75) is 55.5 Å². The molecule has 0 spiro atoms. The molecule has 0 aliphatic carbocycles. The zero-order valence-electron chi connectivity index (χ0n) is 10.9. The fourth-order valence-electron chi connectivity index (χ4n) is 3.06. The zero-order valence-corrected chi connectivity index (χ0v) is 10.9. The van der Waals surface area contributed by atoms with E-state index in [1.54, 1.807) is 4.90 Å². The Bertz CT molecular complexity index is 365. The zero-order chi connectivity index (χ0) is 17.0. The van der Waals surface area contributed by atoms with Crippen LogP contribution in [0.1, 0.15) is 19.3 Å². The molecular weight excluding hydrogens is 333 g/mol. The third-order valence-electron chi connectivity index (χ3n) is 4.01. The van der Waals surface area contributed by atoms with Crippen LogP contribution in [-0.2, 0) is 4.74 Å². The second kappa shape index (κ2) is 5.15. The van der Waals surface area contributed by atoms with Gasteiger partial charge in [-0.3, -0.25) is 4.90 Å². The summed E-state index contributed by atoms with van der Waals surface area (Å²) in [6, 6.07) is -0.322. The molecule has 2 heterocycles. The highest BCUT2D eigenvalue weighted by Crippen LogP contribution is 2.56. The Morgan fingerprint density at radius 2 is 1.32 bits per heavy atom. The number of alkyl halides is 9. The van der Waals surface area contributed by atoms with E-state index in [2.05, 4.69) is 4.74 Å². The molecule has 2 atom stereocenters. The Labute approximate surface area is 119 Å². The van der Waals surface area contributed by atoms with Gasteiger partial charge in [0.05, 0.1) is 6.10 Å². The summed E-state index contributed by atoms with van der Waals surface area (Å²) in [7, 11) is 0. The fourth-order valence-corrected chi connectivity index (χ4v) is 3.06. The van der Waals surface area contributed by atoms with Crippen LogP contribution in [0.4, 0.5) is 39.5 Å². The third-order valence-corrected chi connectivity index (χ3v) is 4.01. The normalized spacial score (nSPS) is 28.2. The van der Waals surface area contributed by atoms with Crippen molar-refractivity contribution in [1.82, 2.24) is 4.90 Å². The molecule has 130 valence electrons. The van der Waals surface area contributed by atoms with Crippen molar-refractivity contribution in [2.75, 3.05) is 13.1 Å². The molecule has 2 aliphatic heterocycles. The minimum atomic E-state index is -6.66. The van der Waals surface area contributed by atoms with E-state index >= 15 is 0 Å². The van der Waals surface area contributed by atoms with E-state index in [4.69, 9.17) is 0 Å². The van der Waals surface area contributed by atoms with E-state index in [1.807, 2.05) is 0 Å². The molecule has 22 heavy (non-hydrogen) atoms. The monoisotopic (exact) mass is 345 g/mol. The summed E-state index contributed by atoms with van der Waals surface area (Å²) < 4.78 is 118. The Hall–Kier alpha value is -0.710. The van der Waals surface area contributed by atoms with Crippen molar-refractivity contribution in [3.05, 3.63) is 0 Å². The third kappa shape index (κ3) is 2.66. The van der Waals surface area contributed by atoms with Gasteiger partial charge in [0.1, 0.15) is 0 Å². The lowest BCUT2D eigenvalue weighted by atomic mass is 10.0. The average molecular weight is 345 g/mol. The lowest BCUT2D eigenvalue weighted by molar-refractivity contribution is -0.463. The Balaban J connectivity index is 2.33. The molecule has 2 rings (SSSR count). The van der Waals surface area contributed by atoms with E-state index < -0.39 is 30.2 Å². The molecule has 0 aromatic carbocycles. The first-order valence-electron chi connectivity index (χ1n) is 6.41. The average Bonchev–Trinajstić information content (AvgIpc) is 2.79. The molecule has 0 radical (unpaired) electrons. The lowest BCUT2D eigenvalue weighted by Gasteiger charge is -2.39. The molecule has 2 unspecified atom stereocenters. The number of nitrogens with zero attached hydrogens (tertiary/aromatic N) is 1. The molecule has 2 nitrogen and oxygen atoms in total. The number of fused-ring (bicyclic) bond motifs is 1. The summed E-state index contributed by atoms with van der Waals surface area (Å²) in [6.07, 6.45) is -20.8. The Morgan fingerprint density at radius 1 is 0.818 bits per heavy atom. The first kappa shape index (κ1) is 17.6. The van der Waals surface area contributed by atoms with E-state index in [-0.39, 0.29) is 19.0 Å². The van der Waals surface area contributed by atoms with Gasteiger partial charge in [-0.25, -0.2) is 0 Å². The number of rotatable bonds is 2. The van der Waals surface area contributed by atoms with Crippen molar-refractivity contribution in [3.8, 4) is 0 Å². The van der Waals surface area contributed by atoms with E-state index in [9.17, 15) is 39.5 Å². The number of halogens is 9. The second-order valence-electron chi connectivity index (χ2n) is 5.44. The minimum absolute atomic E-state index is 0.274. The largest absolute Gasteiger partial charge is 0.435 e. The van der Waals surface area contributed by atoms with Crippen molar-refractivity contribution < 1.29 is 44.3 Å². The van der Waals surface area contributed by atoms with Gasteiger partial charge in [0.25, 0.3) is 0 Å². The van der Waals surface area contributed by atoms with Gasteiger partial charge in [-0.05, 0) is 25.8 Å². The van der Waals surface area contributed by atoms with Crippen molar-refractivity contribution in [1.29, 1.82) is 0 Å². The van der Waals surface area contributed by atoms with E-state index in [0.29, 0.717) is 19.4 Å². The maximum Gasteiger partial charge on any atom is 0.435 e. The summed E-state index contributed by atoms with van der Waals surface area (Å²) >= 11 is 0. The molecule has 2 aliphatic rings. The molecule has 11 heteroatoms. The summed E-state index contributed by atoms with van der Waals surface area (Å²) in [5.74, 6) is 0. The maximum atomic E-state index is 12.7. The van der Waals surface area contributed by atoms with E-state index in [0.717, 1.165) is 0 Å². The van der Waals surface area contributed by atoms with Crippen LogP contribution in [0.15, 0.2) is 0 Å². The molecule has 0 bridgehead atoms. The molecule has 0 saturated carbocycles. The lowest BCUT2D eigenvalue weighted by Crippen LogP contribution is -2.68. The predicted molar refractivity (Wildman–Crippen MR) is 55.0 cm³/mol. The number of hydrogen-bond donors (Lipinski definition) is 0. The Kier molecular flexibility index (Phi) is 4.13. The number of hydrogen-bond acceptors (Lipinski definition) is 2. The summed E-state index contributed by atoms with van der Waals surface area (Å²) in [4.78, 5) is 1.55. The topological polar surface area (TPSA) is 12.5 Å². The SMILES string of the molecule is FC(F)(F)C(OC1CC2CCCN2C1)(C(F)(F)F)C(F)(F)F. The molecule has 2 fully saturated rings. The minimum Gasteiger partial charge on any atom is -0.346 e. The molecule has 0 N–H and O–H groups in total. The molecule has 0 aromatic heterocycles. The van der Waals surface area contributed by atoms with Gasteiger partial charge in [-0.15, -0.1) is 0 Å². The first-order chi connectivity index (χ1) is 9.79. The van der Waals surface area contributed by atoms with Crippen LogP contribution in [0.2, 0.25) is 0 Å². The van der Waals surface area contributed by atoms with Crippen LogP contribution in [-0.4, -0.2) is 54.3 Å². The molecule has 0 aromatic rings. The standard InChI is InChI=1S/C11H12F9NO/c12-9(13,14)8(10(15,16)17,11(18,19)20)22-7-4-6-2-1-3-21(6)5-7/h6-7H,1-5H2.